The van der Waals surface area contributed by atoms with E-state index in [4.69, 9.17) is 9.47 Å². The monoisotopic (exact) mass is 601 g/mol. The van der Waals surface area contributed by atoms with Crippen LogP contribution in [0.2, 0.25) is 0 Å². The van der Waals surface area contributed by atoms with E-state index in [1.54, 1.807) is 11.8 Å². The van der Waals surface area contributed by atoms with Gasteiger partial charge in [-0.25, -0.2) is 18.1 Å². The van der Waals surface area contributed by atoms with Crippen LogP contribution >= 0.6 is 11.8 Å². The number of hydrogen-bond acceptors (Lipinski definition) is 8. The van der Waals surface area contributed by atoms with Gasteiger partial charge in [-0.1, -0.05) is 38.7 Å². The predicted octanol–water partition coefficient (Wildman–Crippen LogP) is 4.10. The second-order valence-corrected chi connectivity index (χ2v) is 12.7. The number of anilines is 1. The molecule has 1 saturated carbocycles. The topological polar surface area (TPSA) is 125 Å². The third-order valence-electron chi connectivity index (χ3n) is 7.47. The molecule has 0 aromatic heterocycles. The lowest BCUT2D eigenvalue weighted by atomic mass is 9.84. The van der Waals surface area contributed by atoms with Crippen LogP contribution in [0, 0.1) is 17.7 Å². The smallest absolute Gasteiger partial charge is 0.412 e. The largest absolute Gasteiger partial charge is 0.506 e. The molecular formula is C27H40FN3O7S2. The Morgan fingerprint density at radius 3 is 2.45 bits per heavy atom. The molecule has 2 saturated heterocycles. The van der Waals surface area contributed by atoms with E-state index in [0.29, 0.717) is 6.29 Å². The number of aromatic hydroxyl groups is 1. The highest BCUT2D eigenvalue weighted by atomic mass is 32.2. The van der Waals surface area contributed by atoms with Crippen molar-refractivity contribution in [3.8, 4) is 5.75 Å². The Morgan fingerprint density at radius 2 is 1.93 bits per heavy atom. The fourth-order valence-corrected chi connectivity index (χ4v) is 6.56. The summed E-state index contributed by atoms with van der Waals surface area (Å²) in [6, 6.07) is 2.64. The van der Waals surface area contributed by atoms with Gasteiger partial charge in [0.15, 0.2) is 17.0 Å². The summed E-state index contributed by atoms with van der Waals surface area (Å²) >= 11 is -0.154. The third kappa shape index (κ3) is 8.32. The third-order valence-corrected chi connectivity index (χ3v) is 9.60. The van der Waals surface area contributed by atoms with E-state index in [0.717, 1.165) is 34.6 Å². The number of ether oxygens (including phenoxy) is 2. The fourth-order valence-electron chi connectivity index (χ4n) is 4.70. The molecule has 40 heavy (non-hydrogen) atoms. The molecule has 1 aromatic rings. The second kappa shape index (κ2) is 15.6. The van der Waals surface area contributed by atoms with E-state index in [1.165, 1.54) is 56.7 Å². The standard InChI is InChI=1S/C21H28FN3O7S2.C6H12/c1-13(31-20(28)14-5-9-33-10-6-14)32-21(29)24-11-15(12-24)16-3-4-17(27)19(18(16)22)25(7-8-26)34(30)23-2;1-2-6-4-3-5-6/h3-4,8,13-15,23,27H,5-7,9-12H2,1-2H3;6H,2-5H2,1H3. The highest BCUT2D eigenvalue weighted by Crippen LogP contribution is 2.38. The Hall–Kier alpha value is -2.38. The number of esters is 1. The van der Waals surface area contributed by atoms with Crippen LogP contribution in [0.3, 0.4) is 0 Å². The molecule has 1 aliphatic carbocycles. The van der Waals surface area contributed by atoms with Gasteiger partial charge < -0.3 is 24.3 Å². The van der Waals surface area contributed by atoms with Gasteiger partial charge in [-0.15, -0.1) is 0 Å². The average molecular weight is 602 g/mol. The molecular weight excluding hydrogens is 561 g/mol. The van der Waals surface area contributed by atoms with Crippen molar-refractivity contribution in [3.05, 3.63) is 23.5 Å². The van der Waals surface area contributed by atoms with Crippen LogP contribution in [-0.2, 0) is 30.2 Å². The van der Waals surface area contributed by atoms with E-state index in [2.05, 4.69) is 11.6 Å². The van der Waals surface area contributed by atoms with Crippen molar-refractivity contribution in [2.24, 2.45) is 11.8 Å². The molecule has 10 nitrogen and oxygen atoms in total. The van der Waals surface area contributed by atoms with Crippen LogP contribution in [0.1, 0.15) is 63.9 Å². The van der Waals surface area contributed by atoms with Gasteiger partial charge in [-0.05, 0) is 48.9 Å². The summed E-state index contributed by atoms with van der Waals surface area (Å²) in [7, 11) is 1.37. The van der Waals surface area contributed by atoms with Crippen molar-refractivity contribution < 1.29 is 37.6 Å². The van der Waals surface area contributed by atoms with Crippen molar-refractivity contribution in [1.82, 2.24) is 9.62 Å². The summed E-state index contributed by atoms with van der Waals surface area (Å²) in [6.07, 6.45) is 6.14. The summed E-state index contributed by atoms with van der Waals surface area (Å²) in [5.74, 6) is 0.673. The van der Waals surface area contributed by atoms with Gasteiger partial charge in [0.25, 0.3) is 0 Å². The van der Waals surface area contributed by atoms with E-state index in [1.807, 2.05) is 0 Å². The van der Waals surface area contributed by atoms with Crippen LogP contribution in [-0.4, -0.2) is 77.0 Å². The van der Waals surface area contributed by atoms with E-state index >= 15 is 4.39 Å². The van der Waals surface area contributed by atoms with E-state index in [-0.39, 0.29) is 36.2 Å². The van der Waals surface area contributed by atoms with Crippen molar-refractivity contribution in [2.75, 3.05) is 42.5 Å². The zero-order valence-corrected chi connectivity index (χ0v) is 24.9. The number of phenolic OH excluding ortho intramolecular Hbond substituents is 1. The number of aldehydes is 1. The average Bonchev–Trinajstić information content (AvgIpc) is 2.88. The van der Waals surface area contributed by atoms with Gasteiger partial charge in [-0.2, -0.15) is 11.8 Å². The van der Waals surface area contributed by atoms with Gasteiger partial charge >= 0.3 is 12.1 Å². The number of hydrogen-bond donors (Lipinski definition) is 2. The molecule has 0 radical (unpaired) electrons. The van der Waals surface area contributed by atoms with Crippen LogP contribution in [0.25, 0.3) is 0 Å². The van der Waals surface area contributed by atoms with Gasteiger partial charge in [0.1, 0.15) is 17.7 Å². The Labute approximate surface area is 242 Å². The van der Waals surface area contributed by atoms with Gasteiger partial charge in [0.05, 0.1) is 12.5 Å². The predicted molar refractivity (Wildman–Crippen MR) is 153 cm³/mol. The number of amides is 1. The first-order valence-corrected chi connectivity index (χ1v) is 16.0. The Bertz CT molecular complexity index is 1040. The zero-order chi connectivity index (χ0) is 29.2. The number of carbonyl (C=O) groups excluding carboxylic acids is 3. The lowest BCUT2D eigenvalue weighted by Gasteiger charge is -2.39. The summed E-state index contributed by atoms with van der Waals surface area (Å²) in [4.78, 5) is 36.9. The number of halogens is 1. The lowest BCUT2D eigenvalue weighted by Crippen LogP contribution is -2.50. The van der Waals surface area contributed by atoms with E-state index in [9.17, 15) is 23.7 Å². The summed E-state index contributed by atoms with van der Waals surface area (Å²) < 4.78 is 41.2. The maximum atomic E-state index is 15.3. The number of nitrogens with one attached hydrogen (secondary N) is 1. The van der Waals surface area contributed by atoms with Crippen molar-refractivity contribution in [2.45, 2.75) is 64.6 Å². The molecule has 0 spiro atoms. The van der Waals surface area contributed by atoms with Crippen LogP contribution < -0.4 is 9.03 Å². The minimum atomic E-state index is -1.94. The number of thioether (sulfide) groups is 1. The minimum absolute atomic E-state index is 0.142. The molecule has 3 fully saturated rings. The summed E-state index contributed by atoms with van der Waals surface area (Å²) in [5.41, 5.74) is -0.157. The van der Waals surface area contributed by atoms with Gasteiger partial charge in [0, 0.05) is 25.9 Å². The van der Waals surface area contributed by atoms with E-state index < -0.39 is 47.6 Å². The van der Waals surface area contributed by atoms with Crippen molar-refractivity contribution in [3.63, 3.8) is 0 Å². The van der Waals surface area contributed by atoms with Crippen LogP contribution in [0.15, 0.2) is 12.1 Å². The molecule has 2 aliphatic heterocycles. The maximum Gasteiger partial charge on any atom is 0.412 e. The van der Waals surface area contributed by atoms with Crippen molar-refractivity contribution in [1.29, 1.82) is 0 Å². The highest BCUT2D eigenvalue weighted by Gasteiger charge is 2.37. The van der Waals surface area contributed by atoms with Gasteiger partial charge in [0.2, 0.25) is 6.29 Å². The quantitative estimate of drug-likeness (QED) is 0.233. The van der Waals surface area contributed by atoms with Gasteiger partial charge in [-0.3, -0.25) is 9.10 Å². The molecule has 2 heterocycles. The number of likely N-dealkylation sites (tertiary alicyclic amines) is 1. The molecule has 2 unspecified atom stereocenters. The zero-order valence-electron chi connectivity index (χ0n) is 23.3. The molecule has 1 aromatic carbocycles. The Balaban J connectivity index is 0.000000649. The number of nitrogens with zero attached hydrogens (tertiary/aromatic N) is 2. The maximum absolute atomic E-state index is 15.3. The SMILES string of the molecule is CCC1CCC1.CNS(=O)N(CC=O)c1c(O)ccc(C2CN(C(=O)OC(C)OC(=O)C3CCSCC3)C2)c1F. The molecule has 2 N–H and O–H groups in total. The molecule has 0 bridgehead atoms. The fraction of sp³-hybridized carbons (Fsp3) is 0.667. The minimum Gasteiger partial charge on any atom is -0.506 e. The molecule has 4 rings (SSSR count). The Kier molecular flexibility index (Phi) is 12.5. The second-order valence-electron chi connectivity index (χ2n) is 10.1. The molecule has 3 aliphatic rings. The van der Waals surface area contributed by atoms with Crippen LogP contribution in [0.5, 0.6) is 5.75 Å². The molecule has 224 valence electrons. The first kappa shape index (κ1) is 32.1. The summed E-state index contributed by atoms with van der Waals surface area (Å²) in [5, 5.41) is 10.1. The molecule has 2 atom stereocenters. The Morgan fingerprint density at radius 1 is 1.25 bits per heavy atom. The highest BCUT2D eigenvalue weighted by molar-refractivity contribution is 7.99. The lowest BCUT2D eigenvalue weighted by molar-refractivity contribution is -0.171. The van der Waals surface area contributed by atoms with Crippen LogP contribution in [0.4, 0.5) is 14.9 Å². The molecule has 1 amide bonds. The number of carbonyl (C=O) groups is 3. The summed E-state index contributed by atoms with van der Waals surface area (Å²) in [6.45, 7) is 3.64. The normalized spacial score (nSPS) is 19.2. The first-order chi connectivity index (χ1) is 19.2. The first-order valence-electron chi connectivity index (χ1n) is 13.8. The number of benzene rings is 1. The molecule has 13 heteroatoms. The number of phenols is 1. The number of rotatable bonds is 10. The van der Waals surface area contributed by atoms with Crippen molar-refractivity contribution >= 4 is 47.0 Å².